The first-order chi connectivity index (χ1) is 18.0. The average molecular weight is 539 g/mol. The molecule has 3 aromatic carbocycles. The van der Waals surface area contributed by atoms with Crippen molar-refractivity contribution >= 4 is 50.9 Å². The van der Waals surface area contributed by atoms with Crippen molar-refractivity contribution in [3.63, 3.8) is 0 Å². The van der Waals surface area contributed by atoms with Crippen LogP contribution in [-0.4, -0.2) is 28.2 Å². The third kappa shape index (κ3) is 4.56. The highest BCUT2D eigenvalue weighted by molar-refractivity contribution is 6.35. The fraction of sp³-hybridized carbons (Fsp3) is 0.107. The van der Waals surface area contributed by atoms with Crippen LogP contribution in [0, 0.1) is 0 Å². The largest absolute Gasteiger partial charge is 0.493 e. The van der Waals surface area contributed by atoms with Crippen molar-refractivity contribution in [1.82, 2.24) is 4.57 Å². The minimum atomic E-state index is -5.14. The number of hydrogen-bond donors (Lipinski definition) is 0. The van der Waals surface area contributed by atoms with Gasteiger partial charge in [-0.2, -0.15) is 13.2 Å². The number of ketones is 1. The Morgan fingerprint density at radius 1 is 0.947 bits per heavy atom. The number of aromatic nitrogens is 1. The molecule has 5 aromatic rings. The molecule has 0 saturated carbocycles. The molecule has 0 radical (unpaired) electrons. The molecular formula is C28H18ClF3N2O4. The van der Waals surface area contributed by atoms with E-state index in [0.29, 0.717) is 22.5 Å². The number of carbonyl (C=O) groups is 2. The molecule has 0 aliphatic heterocycles. The predicted octanol–water partition coefficient (Wildman–Crippen LogP) is 7.31. The van der Waals surface area contributed by atoms with Crippen LogP contribution in [-0.2, 0) is 16.7 Å². The number of aryl methyl sites for hydroxylation is 1. The number of alkyl halides is 3. The van der Waals surface area contributed by atoms with Gasteiger partial charge in [0.2, 0.25) is 0 Å². The minimum Gasteiger partial charge on any atom is -0.464 e. The van der Waals surface area contributed by atoms with Crippen LogP contribution >= 0.6 is 11.6 Å². The summed E-state index contributed by atoms with van der Waals surface area (Å²) in [6, 6.07) is 19.1. The highest BCUT2D eigenvalue weighted by atomic mass is 35.5. The fourth-order valence-electron chi connectivity index (χ4n) is 4.25. The molecule has 0 spiro atoms. The lowest BCUT2D eigenvalue weighted by Crippen LogP contribution is -2.24. The van der Waals surface area contributed by atoms with Crippen LogP contribution in [0.1, 0.15) is 28.4 Å². The van der Waals surface area contributed by atoms with Gasteiger partial charge in [-0.3, -0.25) is 4.79 Å². The van der Waals surface area contributed by atoms with E-state index in [4.69, 9.17) is 16.0 Å². The lowest BCUT2D eigenvalue weighted by Gasteiger charge is -2.07. The second-order valence-electron chi connectivity index (χ2n) is 8.58. The Morgan fingerprint density at radius 3 is 2.21 bits per heavy atom. The summed E-state index contributed by atoms with van der Waals surface area (Å²) in [6.07, 6.45) is -3.59. The number of nitrogens with zero attached hydrogens (tertiary/aromatic N) is 2. The molecular weight excluding hydrogens is 521 g/mol. The number of fused-ring (bicyclic) bond motifs is 3. The maximum atomic E-state index is 13.4. The van der Waals surface area contributed by atoms with Crippen molar-refractivity contribution < 1.29 is 32.0 Å². The van der Waals surface area contributed by atoms with E-state index in [1.54, 1.807) is 66.9 Å². The fourth-order valence-corrected chi connectivity index (χ4v) is 4.52. The molecule has 0 saturated heterocycles. The zero-order valence-corrected chi connectivity index (χ0v) is 20.7. The minimum absolute atomic E-state index is 0.0807. The molecule has 0 unspecified atom stereocenters. The number of halogens is 4. The van der Waals surface area contributed by atoms with E-state index in [1.807, 2.05) is 17.7 Å². The Balaban J connectivity index is 1.52. The van der Waals surface area contributed by atoms with E-state index in [0.717, 1.165) is 27.4 Å². The lowest BCUT2D eigenvalue weighted by atomic mass is 9.99. The maximum Gasteiger partial charge on any atom is 0.493 e. The Kier molecular flexibility index (Phi) is 6.32. The summed E-state index contributed by atoms with van der Waals surface area (Å²) < 4.78 is 44.6. The van der Waals surface area contributed by atoms with Crippen LogP contribution in [0.3, 0.4) is 0 Å². The van der Waals surface area contributed by atoms with Gasteiger partial charge >= 0.3 is 12.1 Å². The maximum absolute atomic E-state index is 13.4. The van der Waals surface area contributed by atoms with E-state index in [-0.39, 0.29) is 16.5 Å². The van der Waals surface area contributed by atoms with Crippen LogP contribution in [0.5, 0.6) is 0 Å². The molecule has 0 N–H and O–H groups in total. The highest BCUT2D eigenvalue weighted by Gasteiger charge is 2.41. The Hall–Kier alpha value is -4.37. The van der Waals surface area contributed by atoms with Gasteiger partial charge in [0.1, 0.15) is 5.76 Å². The van der Waals surface area contributed by atoms with Crippen LogP contribution in [0.2, 0.25) is 5.02 Å². The van der Waals surface area contributed by atoms with E-state index in [9.17, 15) is 22.8 Å². The van der Waals surface area contributed by atoms with Crippen LogP contribution in [0.4, 0.5) is 13.2 Å². The normalized spacial score (nSPS) is 12.3. The van der Waals surface area contributed by atoms with Crippen molar-refractivity contribution in [2.45, 2.75) is 13.1 Å². The SMILES string of the molecule is C/C(=N\OC(=O)C(F)(F)F)c1ccc2c(c1)c1cc(C(=O)c3ccc(-c4ccco4)cc3Cl)ccc1n2C. The smallest absolute Gasteiger partial charge is 0.464 e. The zero-order chi connectivity index (χ0) is 27.2. The van der Waals surface area contributed by atoms with Gasteiger partial charge in [0.05, 0.1) is 17.0 Å². The number of hydrogen-bond acceptors (Lipinski definition) is 5. The van der Waals surface area contributed by atoms with Gasteiger partial charge < -0.3 is 13.8 Å². The quantitative estimate of drug-likeness (QED) is 0.102. The van der Waals surface area contributed by atoms with E-state index in [2.05, 4.69) is 9.99 Å². The summed E-state index contributed by atoms with van der Waals surface area (Å²) in [5, 5.41) is 5.11. The van der Waals surface area contributed by atoms with Crippen molar-refractivity contribution in [2.24, 2.45) is 12.2 Å². The molecule has 2 aromatic heterocycles. The van der Waals surface area contributed by atoms with Crippen LogP contribution in [0.15, 0.2) is 82.6 Å². The van der Waals surface area contributed by atoms with Crippen LogP contribution < -0.4 is 0 Å². The van der Waals surface area contributed by atoms with E-state index < -0.39 is 12.1 Å². The van der Waals surface area contributed by atoms with Gasteiger partial charge in [-0.05, 0) is 67.1 Å². The van der Waals surface area contributed by atoms with Gasteiger partial charge in [0.15, 0.2) is 5.78 Å². The van der Waals surface area contributed by atoms with E-state index in [1.165, 1.54) is 6.92 Å². The van der Waals surface area contributed by atoms with Gasteiger partial charge in [0, 0.05) is 45.5 Å². The predicted molar refractivity (Wildman–Crippen MR) is 137 cm³/mol. The summed E-state index contributed by atoms with van der Waals surface area (Å²) in [5.74, 6) is -2.04. The lowest BCUT2D eigenvalue weighted by molar-refractivity contribution is -0.199. The number of carbonyl (C=O) groups excluding carboxylic acids is 2. The summed E-state index contributed by atoms with van der Waals surface area (Å²) in [6.45, 7) is 1.43. The molecule has 10 heteroatoms. The second kappa shape index (κ2) is 9.50. The second-order valence-corrected chi connectivity index (χ2v) is 8.98. The third-order valence-electron chi connectivity index (χ3n) is 6.20. The van der Waals surface area contributed by atoms with Gasteiger partial charge in [-0.1, -0.05) is 28.9 Å². The molecule has 6 nitrogen and oxygen atoms in total. The van der Waals surface area contributed by atoms with Crippen molar-refractivity contribution in [2.75, 3.05) is 0 Å². The number of rotatable bonds is 5. The Bertz CT molecular complexity index is 1750. The van der Waals surface area contributed by atoms with Crippen molar-refractivity contribution in [1.29, 1.82) is 0 Å². The molecule has 2 heterocycles. The molecule has 0 amide bonds. The van der Waals surface area contributed by atoms with Crippen LogP contribution in [0.25, 0.3) is 33.1 Å². The standard InChI is InChI=1S/C28H18ClF3N2O4/c1-15(33-38-27(36)28(30,31)32)16-6-9-23-20(12-16)21-13-18(7-10-24(21)34(23)2)26(35)19-8-5-17(14-22(19)29)25-4-3-11-37-25/h3-14H,1-2H3/b33-15+. The first kappa shape index (κ1) is 25.3. The summed E-state index contributed by atoms with van der Waals surface area (Å²) in [4.78, 5) is 28.4. The molecule has 0 bridgehead atoms. The first-order valence-electron chi connectivity index (χ1n) is 11.3. The summed E-state index contributed by atoms with van der Waals surface area (Å²) in [7, 11) is 1.86. The number of oxime groups is 1. The van der Waals surface area contributed by atoms with E-state index >= 15 is 0 Å². The molecule has 0 aliphatic carbocycles. The summed E-state index contributed by atoms with van der Waals surface area (Å²) in [5.41, 5.74) is 3.68. The first-order valence-corrected chi connectivity index (χ1v) is 11.7. The van der Waals surface area contributed by atoms with Crippen molar-refractivity contribution in [3.8, 4) is 11.3 Å². The highest BCUT2D eigenvalue weighted by Crippen LogP contribution is 2.32. The molecule has 0 fully saturated rings. The topological polar surface area (TPSA) is 73.8 Å². The Morgan fingerprint density at radius 2 is 1.61 bits per heavy atom. The molecule has 38 heavy (non-hydrogen) atoms. The zero-order valence-electron chi connectivity index (χ0n) is 20.0. The molecule has 5 rings (SSSR count). The third-order valence-corrected chi connectivity index (χ3v) is 6.52. The van der Waals surface area contributed by atoms with Crippen molar-refractivity contribution in [3.05, 3.63) is 94.7 Å². The van der Waals surface area contributed by atoms with Gasteiger partial charge in [0.25, 0.3) is 0 Å². The molecule has 0 aliphatic rings. The van der Waals surface area contributed by atoms with Gasteiger partial charge in [-0.15, -0.1) is 0 Å². The van der Waals surface area contributed by atoms with Gasteiger partial charge in [-0.25, -0.2) is 4.79 Å². The average Bonchev–Trinajstić information content (AvgIpc) is 3.53. The summed E-state index contributed by atoms with van der Waals surface area (Å²) >= 11 is 6.46. The Labute approximate surface area is 218 Å². The number of benzene rings is 3. The monoisotopic (exact) mass is 538 g/mol. The molecule has 192 valence electrons. The number of furan rings is 1. The molecule has 0 atom stereocenters.